The van der Waals surface area contributed by atoms with Gasteiger partial charge >= 0.3 is 0 Å². The van der Waals surface area contributed by atoms with E-state index in [1.807, 2.05) is 18.2 Å². The van der Waals surface area contributed by atoms with Crippen LogP contribution in [-0.4, -0.2) is 37.1 Å². The van der Waals surface area contributed by atoms with Crippen molar-refractivity contribution >= 4 is 0 Å². The average molecular weight is 305 g/mol. The summed E-state index contributed by atoms with van der Waals surface area (Å²) in [5.41, 5.74) is 1.33. The number of nitrogens with one attached hydrogen (secondary N) is 1. The minimum atomic E-state index is 0.0402. The van der Waals surface area contributed by atoms with Crippen molar-refractivity contribution in [2.45, 2.75) is 45.4 Å². The highest BCUT2D eigenvalue weighted by molar-refractivity contribution is 5.33. The monoisotopic (exact) mass is 305 g/mol. The van der Waals surface area contributed by atoms with Crippen LogP contribution in [-0.2, 0) is 11.3 Å². The number of aliphatic hydroxyl groups excluding tert-OH is 1. The highest BCUT2D eigenvalue weighted by Gasteiger charge is 2.57. The SMILES string of the molecule is CC1(C)[C@H](NCc2ccccc2OCCO)[C@H]2CCCO[C@@H]21. The van der Waals surface area contributed by atoms with Gasteiger partial charge in [-0.15, -0.1) is 0 Å². The van der Waals surface area contributed by atoms with E-state index >= 15 is 0 Å². The number of hydrogen-bond acceptors (Lipinski definition) is 4. The van der Waals surface area contributed by atoms with Crippen LogP contribution >= 0.6 is 0 Å². The first-order valence-electron chi connectivity index (χ1n) is 8.31. The molecule has 2 aliphatic rings. The summed E-state index contributed by atoms with van der Waals surface area (Å²) in [6.45, 7) is 6.67. The maximum atomic E-state index is 8.93. The van der Waals surface area contributed by atoms with Crippen LogP contribution in [0.1, 0.15) is 32.3 Å². The molecule has 0 amide bonds. The van der Waals surface area contributed by atoms with Crippen molar-refractivity contribution < 1.29 is 14.6 Å². The summed E-state index contributed by atoms with van der Waals surface area (Å²) in [5, 5.41) is 12.6. The van der Waals surface area contributed by atoms with Crippen LogP contribution in [0, 0.1) is 11.3 Å². The van der Waals surface area contributed by atoms with Crippen molar-refractivity contribution in [3.8, 4) is 5.75 Å². The van der Waals surface area contributed by atoms with Gasteiger partial charge in [-0.1, -0.05) is 32.0 Å². The summed E-state index contributed by atoms with van der Waals surface area (Å²) in [4.78, 5) is 0. The standard InChI is InChI=1S/C18H27NO3/c1-18(2)16(14-7-5-10-22-17(14)18)19-12-13-6-3-4-8-15(13)21-11-9-20/h3-4,6,8,14,16-17,19-20H,5,7,9-12H2,1-2H3/t14-,16-,17+/m1/s1. The first-order valence-corrected chi connectivity index (χ1v) is 8.31. The van der Waals surface area contributed by atoms with Gasteiger partial charge in [0.1, 0.15) is 12.4 Å². The van der Waals surface area contributed by atoms with Gasteiger partial charge in [0.15, 0.2) is 0 Å². The molecule has 1 aliphatic carbocycles. The van der Waals surface area contributed by atoms with E-state index in [4.69, 9.17) is 14.6 Å². The Morgan fingerprint density at radius 3 is 3.00 bits per heavy atom. The second-order valence-electron chi connectivity index (χ2n) is 6.96. The molecule has 1 aromatic rings. The number of hydrogen-bond donors (Lipinski definition) is 2. The lowest BCUT2D eigenvalue weighted by Gasteiger charge is -2.60. The van der Waals surface area contributed by atoms with Crippen molar-refractivity contribution in [2.24, 2.45) is 11.3 Å². The molecular weight excluding hydrogens is 278 g/mol. The summed E-state index contributed by atoms with van der Waals surface area (Å²) in [7, 11) is 0. The van der Waals surface area contributed by atoms with Gasteiger partial charge in [-0.2, -0.15) is 0 Å². The highest BCUT2D eigenvalue weighted by Crippen LogP contribution is 2.51. The van der Waals surface area contributed by atoms with Gasteiger partial charge in [-0.05, 0) is 18.9 Å². The third-order valence-corrected chi connectivity index (χ3v) is 5.16. The third-order valence-electron chi connectivity index (χ3n) is 5.16. The summed E-state index contributed by atoms with van der Waals surface area (Å²) in [6.07, 6.45) is 2.83. The summed E-state index contributed by atoms with van der Waals surface area (Å²) >= 11 is 0. The van der Waals surface area contributed by atoms with Gasteiger partial charge in [-0.3, -0.25) is 0 Å². The van der Waals surface area contributed by atoms with Crippen molar-refractivity contribution in [2.75, 3.05) is 19.8 Å². The maximum Gasteiger partial charge on any atom is 0.123 e. The quantitative estimate of drug-likeness (QED) is 0.847. The molecule has 1 aromatic carbocycles. The Morgan fingerprint density at radius 2 is 2.18 bits per heavy atom. The van der Waals surface area contributed by atoms with Gasteiger partial charge in [-0.25, -0.2) is 0 Å². The maximum absolute atomic E-state index is 8.93. The van der Waals surface area contributed by atoms with Crippen LogP contribution in [0.4, 0.5) is 0 Å². The van der Waals surface area contributed by atoms with Crippen LogP contribution in [0.3, 0.4) is 0 Å². The third kappa shape index (κ3) is 2.87. The Morgan fingerprint density at radius 1 is 1.36 bits per heavy atom. The van der Waals surface area contributed by atoms with Crippen LogP contribution in [0.25, 0.3) is 0 Å². The lowest BCUT2D eigenvalue weighted by atomic mass is 9.55. The van der Waals surface area contributed by atoms with Crippen molar-refractivity contribution in [1.82, 2.24) is 5.32 Å². The molecule has 1 saturated carbocycles. The second-order valence-corrected chi connectivity index (χ2v) is 6.96. The number of aliphatic hydroxyl groups is 1. The number of rotatable bonds is 6. The summed E-state index contributed by atoms with van der Waals surface area (Å²) in [6, 6.07) is 8.53. The Balaban J connectivity index is 1.63. The van der Waals surface area contributed by atoms with E-state index in [1.165, 1.54) is 12.8 Å². The average Bonchev–Trinajstić information content (AvgIpc) is 2.54. The molecule has 0 bridgehead atoms. The fraction of sp³-hybridized carbons (Fsp3) is 0.667. The zero-order valence-corrected chi connectivity index (χ0v) is 13.5. The van der Waals surface area contributed by atoms with E-state index in [1.54, 1.807) is 0 Å². The van der Waals surface area contributed by atoms with Gasteiger partial charge in [0.25, 0.3) is 0 Å². The molecule has 4 nitrogen and oxygen atoms in total. The normalized spacial score (nSPS) is 29.5. The Hall–Kier alpha value is -1.10. The first-order chi connectivity index (χ1) is 10.6. The molecule has 4 heteroatoms. The van der Waals surface area contributed by atoms with Crippen molar-refractivity contribution in [3.63, 3.8) is 0 Å². The molecule has 3 rings (SSSR count). The van der Waals surface area contributed by atoms with Crippen LogP contribution in [0.5, 0.6) is 5.75 Å². The zero-order chi connectivity index (χ0) is 15.6. The number of benzene rings is 1. The van der Waals surface area contributed by atoms with E-state index in [2.05, 4.69) is 25.2 Å². The predicted molar refractivity (Wildman–Crippen MR) is 85.9 cm³/mol. The molecule has 22 heavy (non-hydrogen) atoms. The van der Waals surface area contributed by atoms with E-state index in [9.17, 15) is 0 Å². The number of ether oxygens (including phenoxy) is 2. The van der Waals surface area contributed by atoms with Gasteiger partial charge in [0.2, 0.25) is 0 Å². The Labute approximate surface area is 132 Å². The fourth-order valence-corrected chi connectivity index (χ4v) is 4.10. The Bertz CT molecular complexity index is 503. The zero-order valence-electron chi connectivity index (χ0n) is 13.5. The molecular formula is C18H27NO3. The fourth-order valence-electron chi connectivity index (χ4n) is 4.10. The molecule has 1 saturated heterocycles. The van der Waals surface area contributed by atoms with E-state index < -0.39 is 0 Å². The van der Waals surface area contributed by atoms with Gasteiger partial charge < -0.3 is 19.9 Å². The molecule has 3 atom stereocenters. The molecule has 0 spiro atoms. The van der Waals surface area contributed by atoms with Crippen LogP contribution in [0.2, 0.25) is 0 Å². The summed E-state index contributed by atoms with van der Waals surface area (Å²) < 4.78 is 11.6. The molecule has 122 valence electrons. The summed E-state index contributed by atoms with van der Waals surface area (Å²) in [5.74, 6) is 1.49. The highest BCUT2D eigenvalue weighted by atomic mass is 16.5. The molecule has 1 aliphatic heterocycles. The Kier molecular flexibility index (Phi) is 4.71. The first kappa shape index (κ1) is 15.8. The minimum Gasteiger partial charge on any atom is -0.491 e. The van der Waals surface area contributed by atoms with Crippen LogP contribution in [0.15, 0.2) is 24.3 Å². The lowest BCUT2D eigenvalue weighted by molar-refractivity contribution is -0.193. The smallest absolute Gasteiger partial charge is 0.123 e. The molecule has 2 N–H and O–H groups in total. The van der Waals surface area contributed by atoms with E-state index in [-0.39, 0.29) is 12.0 Å². The van der Waals surface area contributed by atoms with Gasteiger partial charge in [0, 0.05) is 36.1 Å². The molecule has 0 aromatic heterocycles. The predicted octanol–water partition coefficient (Wildman–Crippen LogP) is 2.35. The van der Waals surface area contributed by atoms with Crippen molar-refractivity contribution in [3.05, 3.63) is 29.8 Å². The molecule has 0 unspecified atom stereocenters. The molecule has 2 fully saturated rings. The van der Waals surface area contributed by atoms with E-state index in [0.29, 0.717) is 24.7 Å². The largest absolute Gasteiger partial charge is 0.491 e. The van der Waals surface area contributed by atoms with Crippen LogP contribution < -0.4 is 10.1 Å². The number of fused-ring (bicyclic) bond motifs is 1. The van der Waals surface area contributed by atoms with Gasteiger partial charge in [0.05, 0.1) is 12.7 Å². The van der Waals surface area contributed by atoms with Crippen molar-refractivity contribution in [1.29, 1.82) is 0 Å². The minimum absolute atomic E-state index is 0.0402. The van der Waals surface area contributed by atoms with E-state index in [0.717, 1.165) is 24.5 Å². The number of para-hydroxylation sites is 1. The molecule has 0 radical (unpaired) electrons. The lowest BCUT2D eigenvalue weighted by Crippen LogP contribution is -2.69. The second kappa shape index (κ2) is 6.57. The molecule has 1 heterocycles. The topological polar surface area (TPSA) is 50.7 Å².